The number of alkyl halides is 6. The number of hydrogen-bond acceptors (Lipinski definition) is 6. The summed E-state index contributed by atoms with van der Waals surface area (Å²) in [6.45, 7) is 5.16. The zero-order valence-corrected chi connectivity index (χ0v) is 35.7. The molecule has 60 heavy (non-hydrogen) atoms. The van der Waals surface area contributed by atoms with Gasteiger partial charge >= 0.3 is 32.6 Å². The molecule has 0 amide bonds. The maximum Gasteiger partial charge on any atom is 0.389 e. The third-order valence-corrected chi connectivity index (χ3v) is 12.7. The van der Waals surface area contributed by atoms with Crippen molar-refractivity contribution < 1.29 is 69.1 Å². The lowest BCUT2D eigenvalue weighted by atomic mass is 9.72. The van der Waals surface area contributed by atoms with Crippen molar-refractivity contribution >= 4 is 20.2 Å². The first kappa shape index (κ1) is 53.1. The van der Waals surface area contributed by atoms with Crippen molar-refractivity contribution in [3.05, 3.63) is 71.3 Å². The zero-order valence-electron chi connectivity index (χ0n) is 34.1. The molecule has 0 aliphatic carbocycles. The van der Waals surface area contributed by atoms with Crippen molar-refractivity contribution in [2.45, 2.75) is 166 Å². The SMILES string of the molecule is C=CCCCCCCC(C)(c1cc(F)c(OS(=O)(=O)CCCCCCCCCC(F)(F)F)c(F)c1)c1cc(F)c(OS(=O)(=O)CCCCCCCCCC(F)(F)F)c(F)c1. The van der Waals surface area contributed by atoms with Gasteiger partial charge in [0.15, 0.2) is 23.3 Å². The molecule has 2 aromatic carbocycles. The van der Waals surface area contributed by atoms with Crippen molar-refractivity contribution in [3.63, 3.8) is 0 Å². The van der Waals surface area contributed by atoms with Crippen LogP contribution in [0.3, 0.4) is 0 Å². The van der Waals surface area contributed by atoms with Crippen LogP contribution in [0.4, 0.5) is 43.9 Å². The van der Waals surface area contributed by atoms with Crippen LogP contribution in [0.25, 0.3) is 0 Å². The highest BCUT2D eigenvalue weighted by molar-refractivity contribution is 7.87. The van der Waals surface area contributed by atoms with E-state index in [0.29, 0.717) is 77.0 Å². The smallest absolute Gasteiger partial charge is 0.376 e. The van der Waals surface area contributed by atoms with Crippen LogP contribution >= 0.6 is 0 Å². The first-order valence-electron chi connectivity index (χ1n) is 20.6. The van der Waals surface area contributed by atoms with Crippen LogP contribution in [0, 0.1) is 23.3 Å². The van der Waals surface area contributed by atoms with E-state index in [2.05, 4.69) is 6.58 Å². The van der Waals surface area contributed by atoms with Gasteiger partial charge in [0.1, 0.15) is 0 Å². The zero-order chi connectivity index (χ0) is 45.0. The fourth-order valence-electron chi connectivity index (χ4n) is 6.81. The fraction of sp³-hybridized carbons (Fsp3) is 0.667. The van der Waals surface area contributed by atoms with Gasteiger partial charge < -0.3 is 8.37 Å². The minimum Gasteiger partial charge on any atom is -0.376 e. The number of hydrogen-bond donors (Lipinski definition) is 0. The molecule has 18 heteroatoms. The van der Waals surface area contributed by atoms with Gasteiger partial charge in [0.25, 0.3) is 0 Å². The summed E-state index contributed by atoms with van der Waals surface area (Å²) in [5, 5.41) is 0. The van der Waals surface area contributed by atoms with Crippen molar-refractivity contribution in [3.8, 4) is 11.5 Å². The largest absolute Gasteiger partial charge is 0.389 e. The van der Waals surface area contributed by atoms with Crippen LogP contribution in [0.5, 0.6) is 11.5 Å². The van der Waals surface area contributed by atoms with Crippen molar-refractivity contribution in [1.82, 2.24) is 0 Å². The summed E-state index contributed by atoms with van der Waals surface area (Å²) in [6.07, 6.45) is 0.152. The van der Waals surface area contributed by atoms with Gasteiger partial charge in [0, 0.05) is 18.3 Å². The van der Waals surface area contributed by atoms with Gasteiger partial charge in [-0.05, 0) is 80.3 Å². The lowest BCUT2D eigenvalue weighted by Gasteiger charge is -2.32. The summed E-state index contributed by atoms with van der Waals surface area (Å²) in [6, 6.07) is 3.27. The van der Waals surface area contributed by atoms with Gasteiger partial charge in [0.2, 0.25) is 11.5 Å². The topological polar surface area (TPSA) is 86.7 Å². The van der Waals surface area contributed by atoms with Crippen LogP contribution in [0.15, 0.2) is 36.9 Å². The maximum atomic E-state index is 15.6. The van der Waals surface area contributed by atoms with Crippen LogP contribution in [-0.4, -0.2) is 40.7 Å². The maximum absolute atomic E-state index is 15.6. The summed E-state index contributed by atoms with van der Waals surface area (Å²) in [5.74, 6) is -9.10. The van der Waals surface area contributed by atoms with Gasteiger partial charge in [-0.1, -0.05) is 96.5 Å². The Bertz CT molecular complexity index is 1670. The van der Waals surface area contributed by atoms with E-state index in [9.17, 15) is 43.2 Å². The average molecular weight is 913 g/mol. The molecule has 0 N–H and O–H groups in total. The highest BCUT2D eigenvalue weighted by Crippen LogP contribution is 2.42. The van der Waals surface area contributed by atoms with E-state index in [1.165, 1.54) is 6.92 Å². The molecular formula is C42H58F10O6S2. The number of benzene rings is 2. The summed E-state index contributed by atoms with van der Waals surface area (Å²) < 4.78 is 196. The fourth-order valence-corrected chi connectivity index (χ4v) is 8.91. The standard InChI is InChI=1S/C42H58F10O6S2/c1-3-4-5-6-13-18-23-40(2,32-28-34(43)38(35(44)29-32)57-59(53,54)26-21-16-11-7-9-14-19-24-41(47,48)49)33-30-36(45)39(37(46)31-33)58-60(55,56)27-22-17-12-8-10-15-20-25-42(50,51)52/h3,28-31H,1,4-27H2,2H3. The summed E-state index contributed by atoms with van der Waals surface area (Å²) in [4.78, 5) is 0. The van der Waals surface area contributed by atoms with E-state index in [0.717, 1.165) is 43.5 Å². The number of halogens is 10. The molecule has 0 saturated heterocycles. The first-order valence-corrected chi connectivity index (χ1v) is 23.7. The Morgan fingerprint density at radius 1 is 0.483 bits per heavy atom. The summed E-state index contributed by atoms with van der Waals surface area (Å²) >= 11 is 0. The van der Waals surface area contributed by atoms with E-state index in [-0.39, 0.29) is 43.2 Å². The van der Waals surface area contributed by atoms with Crippen LogP contribution in [0.2, 0.25) is 0 Å². The molecule has 0 fully saturated rings. The highest BCUT2D eigenvalue weighted by atomic mass is 32.2. The van der Waals surface area contributed by atoms with E-state index < -0.39 is 97.1 Å². The van der Waals surface area contributed by atoms with Gasteiger partial charge in [-0.25, -0.2) is 17.6 Å². The molecule has 0 spiro atoms. The molecule has 0 saturated carbocycles. The summed E-state index contributed by atoms with van der Waals surface area (Å²) in [5.41, 5.74) is -1.70. The molecule has 6 nitrogen and oxygen atoms in total. The van der Waals surface area contributed by atoms with E-state index in [1.54, 1.807) is 6.08 Å². The molecule has 0 aromatic heterocycles. The van der Waals surface area contributed by atoms with Crippen LogP contribution in [0.1, 0.15) is 159 Å². The monoisotopic (exact) mass is 912 g/mol. The molecule has 0 atom stereocenters. The molecule has 2 aromatic rings. The quantitative estimate of drug-likeness (QED) is 0.0324. The third-order valence-electron chi connectivity index (χ3n) is 10.2. The van der Waals surface area contributed by atoms with Gasteiger partial charge in [-0.3, -0.25) is 0 Å². The molecule has 0 unspecified atom stereocenters. The Hall–Kier alpha value is -3.02. The average Bonchev–Trinajstić information content (AvgIpc) is 3.13. The second-order valence-electron chi connectivity index (χ2n) is 15.5. The third kappa shape index (κ3) is 20.7. The second-order valence-corrected chi connectivity index (χ2v) is 18.9. The second kappa shape index (κ2) is 25.2. The first-order chi connectivity index (χ1) is 28.0. The molecule has 344 valence electrons. The molecule has 0 aliphatic heterocycles. The van der Waals surface area contributed by atoms with Gasteiger partial charge in [-0.15, -0.1) is 6.58 Å². The van der Waals surface area contributed by atoms with E-state index in [1.807, 2.05) is 0 Å². The number of allylic oxidation sites excluding steroid dienone is 1. The van der Waals surface area contributed by atoms with Crippen molar-refractivity contribution in [2.75, 3.05) is 11.5 Å². The van der Waals surface area contributed by atoms with Crippen LogP contribution in [-0.2, 0) is 25.7 Å². The highest BCUT2D eigenvalue weighted by Gasteiger charge is 2.34. The Balaban J connectivity index is 2.16. The molecule has 0 bridgehead atoms. The van der Waals surface area contributed by atoms with Gasteiger partial charge in [0.05, 0.1) is 11.5 Å². The molecular weight excluding hydrogens is 855 g/mol. The number of unbranched alkanes of at least 4 members (excludes halogenated alkanes) is 16. The van der Waals surface area contributed by atoms with E-state index in [4.69, 9.17) is 8.37 Å². The van der Waals surface area contributed by atoms with Crippen LogP contribution < -0.4 is 8.37 Å². The van der Waals surface area contributed by atoms with Crippen molar-refractivity contribution in [1.29, 1.82) is 0 Å². The Labute approximate surface area is 348 Å². The Morgan fingerprint density at radius 2 is 0.767 bits per heavy atom. The van der Waals surface area contributed by atoms with Gasteiger partial charge in [-0.2, -0.15) is 43.2 Å². The molecule has 0 aliphatic rings. The predicted molar refractivity (Wildman–Crippen MR) is 212 cm³/mol. The molecule has 0 radical (unpaired) electrons. The molecule has 2 rings (SSSR count). The predicted octanol–water partition coefficient (Wildman–Crippen LogP) is 13.9. The molecule has 0 heterocycles. The normalized spacial score (nSPS) is 12.8. The lowest BCUT2D eigenvalue weighted by molar-refractivity contribution is -0.136. The lowest BCUT2D eigenvalue weighted by Crippen LogP contribution is -2.26. The number of rotatable bonds is 31. The minimum atomic E-state index is -4.48. The van der Waals surface area contributed by atoms with Crippen molar-refractivity contribution in [2.24, 2.45) is 0 Å². The summed E-state index contributed by atoms with van der Waals surface area (Å²) in [7, 11) is -8.96. The minimum absolute atomic E-state index is 0.00734. The Kier molecular flexibility index (Phi) is 22.3. The Morgan fingerprint density at radius 3 is 1.08 bits per heavy atom. The van der Waals surface area contributed by atoms with E-state index >= 15 is 17.6 Å².